The third-order valence-corrected chi connectivity index (χ3v) is 5.44. The Labute approximate surface area is 171 Å². The van der Waals surface area contributed by atoms with Crippen molar-refractivity contribution in [2.24, 2.45) is 0 Å². The average molecular weight is 419 g/mol. The molecule has 0 spiro atoms. The maximum absolute atomic E-state index is 14.4. The van der Waals surface area contributed by atoms with Gasteiger partial charge in [0.05, 0.1) is 11.2 Å². The van der Waals surface area contributed by atoms with Crippen molar-refractivity contribution >= 4 is 34.7 Å². The van der Waals surface area contributed by atoms with Crippen LogP contribution in [0.3, 0.4) is 0 Å². The van der Waals surface area contributed by atoms with Crippen LogP contribution in [0.4, 0.5) is 15.0 Å². The first-order valence-electron chi connectivity index (χ1n) is 9.21. The molecule has 0 saturated carbocycles. The zero-order valence-corrected chi connectivity index (χ0v) is 16.8. The Bertz CT molecular complexity index is 1060. The summed E-state index contributed by atoms with van der Waals surface area (Å²) in [7, 11) is 1.54. The minimum atomic E-state index is -0.542. The van der Waals surface area contributed by atoms with Crippen LogP contribution in [0.1, 0.15) is 19.8 Å². The van der Waals surface area contributed by atoms with Gasteiger partial charge in [-0.25, -0.2) is 19.2 Å². The first kappa shape index (κ1) is 19.4. The number of fused-ring (bicyclic) bond motifs is 1. The molecule has 1 aliphatic rings. The van der Waals surface area contributed by atoms with E-state index in [1.807, 2.05) is 6.92 Å². The van der Waals surface area contributed by atoms with Crippen LogP contribution in [-0.2, 0) is 4.74 Å². The lowest BCUT2D eigenvalue weighted by Gasteiger charge is -2.39. The van der Waals surface area contributed by atoms with E-state index in [1.54, 1.807) is 25.4 Å². The minimum Gasteiger partial charge on any atom is -0.443 e. The van der Waals surface area contributed by atoms with Crippen LogP contribution < -0.4 is 10.2 Å². The number of aromatic amines is 1. The van der Waals surface area contributed by atoms with E-state index in [4.69, 9.17) is 16.3 Å². The molecule has 8 nitrogen and oxygen atoms in total. The number of carbonyl (C=O) groups is 1. The van der Waals surface area contributed by atoms with Gasteiger partial charge >= 0.3 is 6.09 Å². The van der Waals surface area contributed by atoms with E-state index in [1.165, 1.54) is 6.07 Å². The zero-order chi connectivity index (χ0) is 20.6. The predicted molar refractivity (Wildman–Crippen MR) is 107 cm³/mol. The van der Waals surface area contributed by atoms with Gasteiger partial charge in [0.15, 0.2) is 11.5 Å². The Kier molecular flexibility index (Phi) is 4.99. The molecule has 3 aromatic rings. The number of alkyl carbamates (subject to hydrolysis) is 1. The molecule has 1 saturated heterocycles. The number of hydrogen-bond acceptors (Lipinski definition) is 6. The molecule has 152 valence electrons. The van der Waals surface area contributed by atoms with Crippen LogP contribution >= 0.6 is 11.6 Å². The summed E-state index contributed by atoms with van der Waals surface area (Å²) in [6, 6.07) is 4.75. The molecule has 4 rings (SSSR count). The largest absolute Gasteiger partial charge is 0.443 e. The first-order chi connectivity index (χ1) is 13.9. The second-order valence-electron chi connectivity index (χ2n) is 7.18. The van der Waals surface area contributed by atoms with Gasteiger partial charge in [-0.1, -0.05) is 17.7 Å². The molecule has 29 heavy (non-hydrogen) atoms. The summed E-state index contributed by atoms with van der Waals surface area (Å²) in [5.74, 6) is 0.140. The molecule has 2 aromatic heterocycles. The van der Waals surface area contributed by atoms with E-state index in [2.05, 4.69) is 30.4 Å². The standard InChI is InChI=1S/C19H20ClFN6O2/c1-19(29-18(28)22-2)6-8-27(9-7-19)13-10-23-16-15(25-26-17(16)24-13)11-4-3-5-12(20)14(11)21/h3-5,10H,6-9H2,1-2H3,(H,22,28)(H,24,25,26). The zero-order valence-electron chi connectivity index (χ0n) is 16.0. The Hall–Kier alpha value is -2.94. The fourth-order valence-corrected chi connectivity index (χ4v) is 3.58. The van der Waals surface area contributed by atoms with Gasteiger partial charge in [-0.3, -0.25) is 5.10 Å². The highest BCUT2D eigenvalue weighted by Crippen LogP contribution is 2.32. The highest BCUT2D eigenvalue weighted by molar-refractivity contribution is 6.31. The smallest absolute Gasteiger partial charge is 0.407 e. The van der Waals surface area contributed by atoms with E-state index in [0.29, 0.717) is 48.6 Å². The lowest BCUT2D eigenvalue weighted by Crippen LogP contribution is -2.46. The topological polar surface area (TPSA) is 96.0 Å². The van der Waals surface area contributed by atoms with Gasteiger partial charge in [0, 0.05) is 38.5 Å². The van der Waals surface area contributed by atoms with Crippen molar-refractivity contribution in [1.29, 1.82) is 0 Å². The number of carbonyl (C=O) groups excluding carboxylic acids is 1. The molecule has 0 unspecified atom stereocenters. The van der Waals surface area contributed by atoms with Crippen molar-refractivity contribution in [2.45, 2.75) is 25.4 Å². The number of amides is 1. The van der Waals surface area contributed by atoms with Gasteiger partial charge in [0.1, 0.15) is 22.6 Å². The molecule has 1 amide bonds. The molecule has 1 aromatic carbocycles. The van der Waals surface area contributed by atoms with Crippen molar-refractivity contribution in [3.05, 3.63) is 35.2 Å². The van der Waals surface area contributed by atoms with Crippen molar-refractivity contribution in [1.82, 2.24) is 25.5 Å². The van der Waals surface area contributed by atoms with Gasteiger partial charge in [0.2, 0.25) is 0 Å². The van der Waals surface area contributed by atoms with E-state index in [0.717, 1.165) is 0 Å². The minimum absolute atomic E-state index is 0.0265. The Balaban J connectivity index is 1.55. The van der Waals surface area contributed by atoms with Gasteiger partial charge in [-0.2, -0.15) is 5.10 Å². The molecule has 0 bridgehead atoms. The summed E-state index contributed by atoms with van der Waals surface area (Å²) in [6.07, 6.45) is 2.55. The SMILES string of the molecule is CNC(=O)OC1(C)CCN(c2cnc3c(-c4cccc(Cl)c4F)n[nH]c3n2)CC1. The molecule has 1 fully saturated rings. The predicted octanol–water partition coefficient (Wildman–Crippen LogP) is 3.53. The van der Waals surface area contributed by atoms with Crippen LogP contribution in [0.2, 0.25) is 5.02 Å². The number of ether oxygens (including phenoxy) is 1. The van der Waals surface area contributed by atoms with E-state index in [9.17, 15) is 9.18 Å². The molecule has 0 aliphatic carbocycles. The van der Waals surface area contributed by atoms with Gasteiger partial charge in [-0.05, 0) is 19.1 Å². The number of aromatic nitrogens is 4. The summed E-state index contributed by atoms with van der Waals surface area (Å²) < 4.78 is 19.8. The van der Waals surface area contributed by atoms with Crippen LogP contribution in [-0.4, -0.2) is 52.0 Å². The third-order valence-electron chi connectivity index (χ3n) is 5.15. The quantitative estimate of drug-likeness (QED) is 0.675. The van der Waals surface area contributed by atoms with Gasteiger partial charge in [-0.15, -0.1) is 0 Å². The lowest BCUT2D eigenvalue weighted by molar-refractivity contribution is 0.00825. The van der Waals surface area contributed by atoms with Crippen LogP contribution in [0.5, 0.6) is 0 Å². The van der Waals surface area contributed by atoms with Crippen molar-refractivity contribution in [3.8, 4) is 11.3 Å². The molecule has 1 aliphatic heterocycles. The number of H-pyrrole nitrogens is 1. The second-order valence-corrected chi connectivity index (χ2v) is 7.58. The molecule has 3 heterocycles. The number of piperidine rings is 1. The molecule has 0 atom stereocenters. The Morgan fingerprint density at radius 1 is 1.38 bits per heavy atom. The van der Waals surface area contributed by atoms with Gasteiger partial charge < -0.3 is 15.0 Å². The van der Waals surface area contributed by atoms with Crippen molar-refractivity contribution in [2.75, 3.05) is 25.0 Å². The highest BCUT2D eigenvalue weighted by Gasteiger charge is 2.34. The molecular formula is C19H20ClFN6O2. The number of benzene rings is 1. The second kappa shape index (κ2) is 7.47. The summed E-state index contributed by atoms with van der Waals surface area (Å²) >= 11 is 5.88. The van der Waals surface area contributed by atoms with E-state index in [-0.39, 0.29) is 10.6 Å². The summed E-state index contributed by atoms with van der Waals surface area (Å²) in [5.41, 5.74) is 1.06. The number of hydrogen-bond donors (Lipinski definition) is 2. The van der Waals surface area contributed by atoms with E-state index >= 15 is 0 Å². The molecule has 0 radical (unpaired) electrons. The Morgan fingerprint density at radius 3 is 2.86 bits per heavy atom. The van der Waals surface area contributed by atoms with E-state index < -0.39 is 17.5 Å². The van der Waals surface area contributed by atoms with Crippen molar-refractivity contribution in [3.63, 3.8) is 0 Å². The monoisotopic (exact) mass is 418 g/mol. The Morgan fingerprint density at radius 2 is 2.14 bits per heavy atom. The number of anilines is 1. The summed E-state index contributed by atoms with van der Waals surface area (Å²) in [4.78, 5) is 22.7. The normalized spacial score (nSPS) is 16.1. The van der Waals surface area contributed by atoms with Gasteiger partial charge in [0.25, 0.3) is 0 Å². The van der Waals surface area contributed by atoms with Crippen LogP contribution in [0, 0.1) is 5.82 Å². The van der Waals surface area contributed by atoms with Crippen LogP contribution in [0.15, 0.2) is 24.4 Å². The van der Waals surface area contributed by atoms with Crippen LogP contribution in [0.25, 0.3) is 22.4 Å². The number of rotatable bonds is 3. The first-order valence-corrected chi connectivity index (χ1v) is 9.59. The summed E-state index contributed by atoms with van der Waals surface area (Å²) in [5, 5.41) is 9.52. The third kappa shape index (κ3) is 3.69. The highest BCUT2D eigenvalue weighted by atomic mass is 35.5. The molecular weight excluding hydrogens is 399 g/mol. The fraction of sp³-hybridized carbons (Fsp3) is 0.368. The molecule has 10 heteroatoms. The van der Waals surface area contributed by atoms with Crippen molar-refractivity contribution < 1.29 is 13.9 Å². The summed E-state index contributed by atoms with van der Waals surface area (Å²) in [6.45, 7) is 3.25. The average Bonchev–Trinajstić information content (AvgIpc) is 3.13. The number of nitrogens with zero attached hydrogens (tertiary/aromatic N) is 4. The lowest BCUT2D eigenvalue weighted by atomic mass is 9.93. The fourth-order valence-electron chi connectivity index (χ4n) is 3.41. The number of nitrogens with one attached hydrogen (secondary N) is 2. The number of halogens is 2. The maximum Gasteiger partial charge on any atom is 0.407 e. The maximum atomic E-state index is 14.4. The molecule has 2 N–H and O–H groups in total.